The third kappa shape index (κ3) is 6.23. The van der Waals surface area contributed by atoms with E-state index in [1.807, 2.05) is 27.7 Å². The molecule has 0 aliphatic carbocycles. The highest BCUT2D eigenvalue weighted by atomic mass is 16.5. The van der Waals surface area contributed by atoms with E-state index in [1.165, 1.54) is 6.08 Å². The van der Waals surface area contributed by atoms with Crippen LogP contribution in [0.1, 0.15) is 27.7 Å². The van der Waals surface area contributed by atoms with Gasteiger partial charge in [-0.1, -0.05) is 6.58 Å². The molecule has 0 aromatic rings. The molecule has 2 aliphatic rings. The van der Waals surface area contributed by atoms with Crippen LogP contribution in [0.4, 0.5) is 0 Å². The van der Waals surface area contributed by atoms with Gasteiger partial charge in [0.2, 0.25) is 5.57 Å². The predicted molar refractivity (Wildman–Crippen MR) is 93.3 cm³/mol. The van der Waals surface area contributed by atoms with E-state index in [0.717, 1.165) is 19.6 Å². The molecule has 2 rings (SSSR count). The number of allylic oxidation sites excluding steroid dienone is 1. The van der Waals surface area contributed by atoms with Gasteiger partial charge in [-0.2, -0.15) is 4.79 Å². The van der Waals surface area contributed by atoms with Crippen LogP contribution in [0.25, 0.3) is 0 Å². The number of hydrogen-bond acceptors (Lipinski definition) is 4. The van der Waals surface area contributed by atoms with E-state index in [0.29, 0.717) is 12.6 Å². The summed E-state index contributed by atoms with van der Waals surface area (Å²) < 4.78 is 7.24. The molecule has 0 unspecified atom stereocenters. The van der Waals surface area contributed by atoms with Gasteiger partial charge in [-0.05, 0) is 33.5 Å². The number of carbonyl (C=O) groups excluding carboxylic acids is 1. The molecule has 0 aromatic carbocycles. The van der Waals surface area contributed by atoms with Crippen LogP contribution in [0.5, 0.6) is 0 Å². The fourth-order valence-electron chi connectivity index (χ4n) is 2.35. The van der Waals surface area contributed by atoms with Crippen molar-refractivity contribution in [3.05, 3.63) is 30.4 Å². The van der Waals surface area contributed by atoms with Crippen molar-refractivity contribution in [2.24, 2.45) is 0 Å². The van der Waals surface area contributed by atoms with Gasteiger partial charge >= 0.3 is 5.91 Å². The summed E-state index contributed by atoms with van der Waals surface area (Å²) in [5.74, 6) is 4.67. The summed E-state index contributed by atoms with van der Waals surface area (Å²) in [5, 5.41) is 11.2. The number of likely N-dealkylation sites (tertiary alicyclic amines) is 1. The lowest BCUT2D eigenvalue weighted by molar-refractivity contribution is -0.443. The Morgan fingerprint density at radius 1 is 1.50 bits per heavy atom. The Morgan fingerprint density at radius 2 is 2.12 bits per heavy atom. The Hall–Kier alpha value is -2.03. The first kappa shape index (κ1) is 20.0. The van der Waals surface area contributed by atoms with Gasteiger partial charge in [0.15, 0.2) is 6.54 Å². The number of nitrogens with zero attached hydrogens (tertiary/aromatic N) is 2. The standard InChI is InChI=1S/C15H21N2O3.C4H6/c1-11(2)20-13-9-16(10-13)7-8-17-6-4-5-14(12(3)18)15(17)19;1-3-4-2/h4-6,11,13H,3,7-10H2,1-2H3;1-2H3/q+1;. The van der Waals surface area contributed by atoms with Gasteiger partial charge in [-0.3, -0.25) is 4.90 Å². The van der Waals surface area contributed by atoms with Crippen LogP contribution in [-0.4, -0.2) is 60.0 Å². The van der Waals surface area contributed by atoms with Crippen molar-refractivity contribution in [2.75, 3.05) is 26.2 Å². The second-order valence-electron chi connectivity index (χ2n) is 5.91. The third-order valence-electron chi connectivity index (χ3n) is 3.62. The smallest absolute Gasteiger partial charge is 0.503 e. The molecule has 5 nitrogen and oxygen atoms in total. The summed E-state index contributed by atoms with van der Waals surface area (Å²) in [6.45, 7) is 14.2. The van der Waals surface area contributed by atoms with E-state index in [4.69, 9.17) is 4.74 Å². The molecule has 1 amide bonds. The van der Waals surface area contributed by atoms with Crippen LogP contribution in [0.2, 0.25) is 0 Å². The van der Waals surface area contributed by atoms with E-state index in [-0.39, 0.29) is 17.6 Å². The predicted octanol–water partition coefficient (Wildman–Crippen LogP) is 0.753. The first-order valence-electron chi connectivity index (χ1n) is 8.16. The van der Waals surface area contributed by atoms with Crippen LogP contribution in [0, 0.1) is 18.3 Å². The van der Waals surface area contributed by atoms with Gasteiger partial charge in [0.05, 0.1) is 18.8 Å². The van der Waals surface area contributed by atoms with Crippen LogP contribution in [0.15, 0.2) is 24.0 Å². The van der Waals surface area contributed by atoms with Gasteiger partial charge in [-0.25, -0.2) is 0 Å². The molecule has 0 aromatic heterocycles. The average Bonchev–Trinajstić information content (AvgIpc) is 2.50. The molecule has 2 aliphatic heterocycles. The van der Waals surface area contributed by atoms with E-state index < -0.39 is 5.76 Å². The Balaban J connectivity index is 0.000000648. The topological polar surface area (TPSA) is 55.6 Å². The van der Waals surface area contributed by atoms with Crippen molar-refractivity contribution < 1.29 is 19.2 Å². The van der Waals surface area contributed by atoms with Crippen molar-refractivity contribution >= 4 is 12.1 Å². The lowest BCUT2D eigenvalue weighted by Gasteiger charge is -2.39. The summed E-state index contributed by atoms with van der Waals surface area (Å²) in [6, 6.07) is 0. The lowest BCUT2D eigenvalue weighted by Crippen LogP contribution is -2.54. The van der Waals surface area contributed by atoms with Crippen LogP contribution in [-0.2, 0) is 9.53 Å². The summed E-state index contributed by atoms with van der Waals surface area (Å²) in [5.41, 5.74) is 0.150. The van der Waals surface area contributed by atoms with Gasteiger partial charge in [0.25, 0.3) is 6.21 Å². The van der Waals surface area contributed by atoms with Gasteiger partial charge in [0.1, 0.15) is 12.5 Å². The maximum atomic E-state index is 12.0. The van der Waals surface area contributed by atoms with Crippen molar-refractivity contribution in [1.82, 2.24) is 4.90 Å². The lowest BCUT2D eigenvalue weighted by atomic mass is 10.1. The zero-order valence-corrected chi connectivity index (χ0v) is 15.0. The summed E-state index contributed by atoms with van der Waals surface area (Å²) in [7, 11) is 0. The van der Waals surface area contributed by atoms with E-state index >= 15 is 0 Å². The minimum Gasteiger partial charge on any atom is -0.857 e. The molecule has 1 saturated heterocycles. The van der Waals surface area contributed by atoms with Crippen molar-refractivity contribution in [3.8, 4) is 11.8 Å². The van der Waals surface area contributed by atoms with Crippen molar-refractivity contribution in [3.63, 3.8) is 0 Å². The van der Waals surface area contributed by atoms with Gasteiger partial charge in [0, 0.05) is 13.1 Å². The van der Waals surface area contributed by atoms with E-state index in [2.05, 4.69) is 23.3 Å². The maximum absolute atomic E-state index is 12.0. The SMILES string of the molecule is C=C([O-])C1=C[CH+]C=[N+](CCN2CC(OC(C)C)C2)C1=O.CC#CC. The monoisotopic (exact) mass is 331 g/mol. The van der Waals surface area contributed by atoms with Crippen LogP contribution in [0.3, 0.4) is 0 Å². The number of rotatable bonds is 6. The fourth-order valence-corrected chi connectivity index (χ4v) is 2.35. The van der Waals surface area contributed by atoms with E-state index in [1.54, 1.807) is 17.2 Å². The molecule has 0 radical (unpaired) electrons. The molecule has 0 atom stereocenters. The van der Waals surface area contributed by atoms with Crippen LogP contribution < -0.4 is 5.11 Å². The molecular weight excluding hydrogens is 304 g/mol. The highest BCUT2D eigenvalue weighted by Crippen LogP contribution is 2.14. The minimum absolute atomic E-state index is 0.150. The van der Waals surface area contributed by atoms with Crippen molar-refractivity contribution in [1.29, 1.82) is 0 Å². The summed E-state index contributed by atoms with van der Waals surface area (Å²) >= 11 is 0. The normalized spacial score (nSPS) is 17.5. The van der Waals surface area contributed by atoms with Crippen LogP contribution >= 0.6 is 0 Å². The quantitative estimate of drug-likeness (QED) is 0.312. The Bertz CT molecular complexity index is 567. The molecular formula is C19H27N2O3+. The Labute approximate surface area is 145 Å². The number of ether oxygens (including phenoxy) is 1. The molecule has 0 saturated carbocycles. The molecule has 1 fully saturated rings. The van der Waals surface area contributed by atoms with Gasteiger partial charge in [-0.15, -0.1) is 16.4 Å². The molecule has 0 bridgehead atoms. The minimum atomic E-state index is -0.432. The third-order valence-corrected chi connectivity index (χ3v) is 3.62. The number of amides is 1. The fraction of sp³-hybridized carbons (Fsp3) is 0.526. The Kier molecular flexibility index (Phi) is 8.31. The first-order valence-corrected chi connectivity index (χ1v) is 8.16. The molecule has 0 spiro atoms. The molecule has 2 heterocycles. The second kappa shape index (κ2) is 9.96. The Morgan fingerprint density at radius 3 is 2.62 bits per heavy atom. The zero-order chi connectivity index (χ0) is 18.1. The molecule has 130 valence electrons. The van der Waals surface area contributed by atoms with Crippen molar-refractivity contribution in [2.45, 2.75) is 39.9 Å². The maximum Gasteiger partial charge on any atom is 0.503 e. The number of carbonyl (C=O) groups is 1. The van der Waals surface area contributed by atoms with Gasteiger partial charge < -0.3 is 9.84 Å². The summed E-state index contributed by atoms with van der Waals surface area (Å²) in [4.78, 5) is 14.2. The average molecular weight is 331 g/mol. The molecule has 0 N–H and O–H groups in total. The first-order chi connectivity index (χ1) is 11.4. The summed E-state index contributed by atoms with van der Waals surface area (Å²) in [6.07, 6.45) is 5.49. The molecule has 5 heteroatoms. The zero-order valence-electron chi connectivity index (χ0n) is 15.0. The second-order valence-corrected chi connectivity index (χ2v) is 5.91. The van der Waals surface area contributed by atoms with E-state index in [9.17, 15) is 9.90 Å². The largest absolute Gasteiger partial charge is 0.857 e. The highest BCUT2D eigenvalue weighted by Gasteiger charge is 2.35. The molecule has 24 heavy (non-hydrogen) atoms. The number of hydrogen-bond donors (Lipinski definition) is 0. The highest BCUT2D eigenvalue weighted by molar-refractivity contribution is 5.96.